The van der Waals surface area contributed by atoms with Crippen LogP contribution >= 0.6 is 15.1 Å². The van der Waals surface area contributed by atoms with Crippen molar-refractivity contribution in [3.05, 3.63) is 190 Å². The van der Waals surface area contributed by atoms with E-state index in [0.29, 0.717) is 16.2 Å². The van der Waals surface area contributed by atoms with Crippen molar-refractivity contribution in [1.29, 1.82) is 0 Å². The molecule has 0 unspecified atom stereocenters. The molecule has 0 N–H and O–H groups in total. The third-order valence-corrected chi connectivity index (χ3v) is 13.6. The zero-order chi connectivity index (χ0) is 35.1. The molecule has 0 bridgehead atoms. The van der Waals surface area contributed by atoms with Gasteiger partial charge in [0.1, 0.15) is 0 Å². The lowest BCUT2D eigenvalue weighted by Gasteiger charge is -2.20. The van der Waals surface area contributed by atoms with Crippen molar-refractivity contribution in [3.63, 3.8) is 0 Å². The van der Waals surface area contributed by atoms with Crippen molar-refractivity contribution in [2.75, 3.05) is 0 Å². The molecule has 0 atom stereocenters. The number of carbonyl (C=O) groups is 2. The number of rotatable bonds is 8. The highest BCUT2D eigenvalue weighted by atomic mass is 31.2. The molecule has 0 aliphatic rings. The highest BCUT2D eigenvalue weighted by Gasteiger charge is 2.37. The largest absolute Gasteiger partial charge is 0.305 e. The number of aryl methyl sites for hydroxylation is 6. The molecule has 6 aromatic rings. The minimum Gasteiger partial charge on any atom is -0.305 e. The second-order valence-electron chi connectivity index (χ2n) is 12.4. The van der Waals surface area contributed by atoms with E-state index < -0.39 is 15.1 Å². The lowest BCUT2D eigenvalue weighted by Crippen LogP contribution is -2.23. The SMILES string of the molecule is Cc1cc(C)c(C(=O)P(=O)(c2ccccc2)c2ccccc2)c(C)c1.Cc1cc(C)c(C(=O)P(c2ccccc2)c2ccccc2)c(C)c1. The van der Waals surface area contributed by atoms with E-state index in [1.54, 1.807) is 24.3 Å². The molecular formula is C44H42O3P2. The molecule has 0 spiro atoms. The van der Waals surface area contributed by atoms with Gasteiger partial charge in [-0.25, -0.2) is 0 Å². The smallest absolute Gasteiger partial charge is 0.230 e. The standard InChI is InChI=1S/C22H21O2P.C22H21OP/c1-16-14-17(2)21(18(3)15-16)22(23)25(24,19-10-6-4-7-11-19)20-12-8-5-9-13-20;1-16-14-17(2)21(18(3)15-16)22(23)24(19-10-6-4-7-11-19)20-12-8-5-9-13-20/h4-15H,1-3H3;4-15H,1-3H3. The lowest BCUT2D eigenvalue weighted by atomic mass is 10.0. The van der Waals surface area contributed by atoms with Crippen molar-refractivity contribution in [2.24, 2.45) is 0 Å². The van der Waals surface area contributed by atoms with E-state index in [1.807, 2.05) is 120 Å². The summed E-state index contributed by atoms with van der Waals surface area (Å²) >= 11 is 0. The Morgan fingerprint density at radius 3 is 1.10 bits per heavy atom. The third kappa shape index (κ3) is 7.81. The molecule has 6 aromatic carbocycles. The molecular weight excluding hydrogens is 638 g/mol. The van der Waals surface area contributed by atoms with Crippen LogP contribution in [-0.4, -0.2) is 11.0 Å². The van der Waals surface area contributed by atoms with Gasteiger partial charge in [0.25, 0.3) is 0 Å². The molecule has 49 heavy (non-hydrogen) atoms. The van der Waals surface area contributed by atoms with Gasteiger partial charge in [0.2, 0.25) is 12.7 Å². The third-order valence-electron chi connectivity index (χ3n) is 8.54. The molecule has 0 saturated heterocycles. The van der Waals surface area contributed by atoms with Crippen LogP contribution in [0.5, 0.6) is 0 Å². The van der Waals surface area contributed by atoms with Crippen LogP contribution < -0.4 is 21.2 Å². The number of hydrogen-bond donors (Lipinski definition) is 0. The van der Waals surface area contributed by atoms with Crippen LogP contribution in [0.4, 0.5) is 0 Å². The first-order chi connectivity index (χ1) is 23.5. The maximum atomic E-state index is 14.2. The first-order valence-electron chi connectivity index (χ1n) is 16.4. The molecule has 0 aliphatic heterocycles. The normalized spacial score (nSPS) is 11.1. The van der Waals surface area contributed by atoms with E-state index in [9.17, 15) is 14.2 Å². The zero-order valence-electron chi connectivity index (χ0n) is 29.0. The molecule has 0 aromatic heterocycles. The Kier molecular flexibility index (Phi) is 11.4. The van der Waals surface area contributed by atoms with Crippen LogP contribution in [0.1, 0.15) is 54.1 Å². The molecule has 0 amide bonds. The number of carbonyl (C=O) groups excluding carboxylic acids is 2. The monoisotopic (exact) mass is 680 g/mol. The van der Waals surface area contributed by atoms with E-state index in [1.165, 1.54) is 5.56 Å². The maximum Gasteiger partial charge on any atom is 0.230 e. The minimum absolute atomic E-state index is 0.234. The van der Waals surface area contributed by atoms with Crippen LogP contribution in [0.2, 0.25) is 0 Å². The van der Waals surface area contributed by atoms with Gasteiger partial charge >= 0.3 is 0 Å². The fourth-order valence-electron chi connectivity index (χ4n) is 6.50. The van der Waals surface area contributed by atoms with Crippen molar-refractivity contribution < 1.29 is 14.2 Å². The Balaban J connectivity index is 0.000000191. The molecule has 0 fully saturated rings. The number of hydrogen-bond acceptors (Lipinski definition) is 3. The minimum atomic E-state index is -3.44. The Labute approximate surface area is 292 Å². The zero-order valence-corrected chi connectivity index (χ0v) is 30.8. The maximum absolute atomic E-state index is 14.2. The summed E-state index contributed by atoms with van der Waals surface area (Å²) in [6.45, 7) is 12.0. The lowest BCUT2D eigenvalue weighted by molar-refractivity contribution is 0.107. The van der Waals surface area contributed by atoms with Crippen molar-refractivity contribution in [2.45, 2.75) is 41.5 Å². The van der Waals surface area contributed by atoms with Gasteiger partial charge in [-0.2, -0.15) is 0 Å². The fraction of sp³-hybridized carbons (Fsp3) is 0.136. The van der Waals surface area contributed by atoms with Crippen LogP contribution in [-0.2, 0) is 4.57 Å². The summed E-state index contributed by atoms with van der Waals surface area (Å²) in [6, 6.07) is 46.6. The summed E-state index contributed by atoms with van der Waals surface area (Å²) < 4.78 is 14.2. The highest BCUT2D eigenvalue weighted by molar-refractivity contribution is 7.93. The molecule has 5 heteroatoms. The van der Waals surface area contributed by atoms with Crippen LogP contribution in [0.15, 0.2) is 146 Å². The number of benzene rings is 6. The molecule has 0 heterocycles. The van der Waals surface area contributed by atoms with Gasteiger partial charge in [0.15, 0.2) is 5.52 Å². The summed E-state index contributed by atoms with van der Waals surface area (Å²) in [5.74, 6) is 0. The van der Waals surface area contributed by atoms with E-state index in [-0.39, 0.29) is 11.0 Å². The quantitative estimate of drug-likeness (QED) is 0.151. The van der Waals surface area contributed by atoms with Crippen LogP contribution in [0.3, 0.4) is 0 Å². The molecule has 0 radical (unpaired) electrons. The summed E-state index contributed by atoms with van der Waals surface area (Å²) in [5, 5.41) is 3.35. The topological polar surface area (TPSA) is 51.2 Å². The summed E-state index contributed by atoms with van der Waals surface area (Å²) in [7, 11) is -4.51. The van der Waals surface area contributed by atoms with Crippen LogP contribution in [0.25, 0.3) is 0 Å². The Morgan fingerprint density at radius 1 is 0.449 bits per heavy atom. The Bertz CT molecular complexity index is 2000. The van der Waals surface area contributed by atoms with Gasteiger partial charge in [0.05, 0.1) is 0 Å². The molecule has 0 saturated carbocycles. The highest BCUT2D eigenvalue weighted by Crippen LogP contribution is 2.48. The summed E-state index contributed by atoms with van der Waals surface area (Å²) in [6.07, 6.45) is 0. The molecule has 3 nitrogen and oxygen atoms in total. The van der Waals surface area contributed by atoms with E-state index in [4.69, 9.17) is 0 Å². The predicted molar refractivity (Wildman–Crippen MR) is 209 cm³/mol. The molecule has 0 aliphatic carbocycles. The second-order valence-corrected chi connectivity index (χ2v) is 17.2. The molecule has 246 valence electrons. The molecule has 6 rings (SSSR count). The van der Waals surface area contributed by atoms with Gasteiger partial charge in [-0.05, 0) is 74.4 Å². The average Bonchev–Trinajstić information content (AvgIpc) is 3.09. The Hall–Kier alpha value is -4.68. The summed E-state index contributed by atoms with van der Waals surface area (Å²) in [4.78, 5) is 27.1. The average molecular weight is 681 g/mol. The van der Waals surface area contributed by atoms with Crippen molar-refractivity contribution >= 4 is 47.3 Å². The van der Waals surface area contributed by atoms with Crippen molar-refractivity contribution in [1.82, 2.24) is 0 Å². The van der Waals surface area contributed by atoms with E-state index in [0.717, 1.165) is 44.0 Å². The van der Waals surface area contributed by atoms with Gasteiger partial charge in [-0.15, -0.1) is 0 Å². The van der Waals surface area contributed by atoms with E-state index in [2.05, 4.69) is 43.3 Å². The van der Waals surface area contributed by atoms with Crippen LogP contribution in [0, 0.1) is 41.5 Å². The van der Waals surface area contributed by atoms with Gasteiger partial charge in [-0.1, -0.05) is 157 Å². The first kappa shape index (κ1) is 35.6. The van der Waals surface area contributed by atoms with Gasteiger partial charge in [-0.3, -0.25) is 9.59 Å². The first-order valence-corrected chi connectivity index (χ1v) is 19.4. The second kappa shape index (κ2) is 15.7. The Morgan fingerprint density at radius 2 is 0.755 bits per heavy atom. The van der Waals surface area contributed by atoms with Gasteiger partial charge < -0.3 is 4.57 Å². The summed E-state index contributed by atoms with van der Waals surface area (Å²) in [5.41, 5.74) is 7.56. The van der Waals surface area contributed by atoms with Gasteiger partial charge in [0, 0.05) is 29.7 Å². The fourth-order valence-corrected chi connectivity index (χ4v) is 11.4. The van der Waals surface area contributed by atoms with E-state index >= 15 is 0 Å². The van der Waals surface area contributed by atoms with Crippen molar-refractivity contribution in [3.8, 4) is 0 Å². The predicted octanol–water partition coefficient (Wildman–Crippen LogP) is 9.65.